The van der Waals surface area contributed by atoms with E-state index in [0.717, 1.165) is 39.7 Å². The van der Waals surface area contributed by atoms with Gasteiger partial charge in [-0.25, -0.2) is 8.42 Å². The Bertz CT molecular complexity index is 964. The predicted molar refractivity (Wildman–Crippen MR) is 115 cm³/mol. The molecule has 1 fully saturated rings. The molecule has 1 amide bonds. The number of amides is 1. The van der Waals surface area contributed by atoms with Crippen LogP contribution in [-0.2, 0) is 14.8 Å². The molecule has 1 aliphatic heterocycles. The molecule has 0 spiro atoms. The second-order valence-corrected chi connectivity index (χ2v) is 10.2. The Labute approximate surface area is 175 Å². The molecule has 150 valence electrons. The lowest BCUT2D eigenvalue weighted by molar-refractivity contribution is -0.120. The second kappa shape index (κ2) is 8.35. The molecular weight excluding hydrogens is 440 g/mol. The zero-order chi connectivity index (χ0) is 20.5. The monoisotopic (exact) mass is 464 g/mol. The van der Waals surface area contributed by atoms with E-state index in [0.29, 0.717) is 13.0 Å². The molecule has 0 aromatic heterocycles. The van der Waals surface area contributed by atoms with Crippen molar-refractivity contribution in [1.82, 2.24) is 4.31 Å². The van der Waals surface area contributed by atoms with E-state index in [9.17, 15) is 13.2 Å². The fraction of sp³-hybridized carbons (Fsp3) is 0.381. The Morgan fingerprint density at radius 1 is 1.07 bits per heavy atom. The first-order chi connectivity index (χ1) is 13.2. The largest absolute Gasteiger partial charge is 0.324 e. The van der Waals surface area contributed by atoms with Crippen molar-refractivity contribution in [3.8, 4) is 0 Å². The molecular formula is C21H25BrN2O3S. The third-order valence-electron chi connectivity index (χ3n) is 5.10. The maximum Gasteiger partial charge on any atom is 0.243 e. The van der Waals surface area contributed by atoms with Gasteiger partial charge in [0.05, 0.1) is 4.90 Å². The van der Waals surface area contributed by atoms with Gasteiger partial charge in [-0.2, -0.15) is 4.31 Å². The highest BCUT2D eigenvalue weighted by Crippen LogP contribution is 2.28. The lowest BCUT2D eigenvalue weighted by Gasteiger charge is -2.34. The van der Waals surface area contributed by atoms with Crippen LogP contribution in [0, 0.1) is 20.8 Å². The second-order valence-electron chi connectivity index (χ2n) is 7.34. The van der Waals surface area contributed by atoms with E-state index >= 15 is 0 Å². The molecule has 0 radical (unpaired) electrons. The number of rotatable bonds is 4. The summed E-state index contributed by atoms with van der Waals surface area (Å²) in [5, 5.41) is 2.99. The average molecular weight is 465 g/mol. The molecule has 7 heteroatoms. The maximum atomic E-state index is 13.2. The van der Waals surface area contributed by atoms with Crippen molar-refractivity contribution in [2.75, 3.05) is 11.9 Å². The fourth-order valence-corrected chi connectivity index (χ4v) is 5.70. The molecule has 0 unspecified atom stereocenters. The van der Waals surface area contributed by atoms with Gasteiger partial charge in [0.1, 0.15) is 6.04 Å². The lowest BCUT2D eigenvalue weighted by atomic mass is 10.0. The normalized spacial score (nSPS) is 18.1. The van der Waals surface area contributed by atoms with Crippen molar-refractivity contribution in [2.45, 2.75) is 51.0 Å². The van der Waals surface area contributed by atoms with Crippen molar-refractivity contribution in [1.29, 1.82) is 0 Å². The first-order valence-corrected chi connectivity index (χ1v) is 11.6. The predicted octanol–water partition coefficient (Wildman–Crippen LogP) is 4.56. The summed E-state index contributed by atoms with van der Waals surface area (Å²) in [7, 11) is -3.74. The summed E-state index contributed by atoms with van der Waals surface area (Å²) in [5.74, 6) is -0.268. The Hall–Kier alpha value is -1.70. The summed E-state index contributed by atoms with van der Waals surface area (Å²) in [6.07, 6.45) is 2.10. The Morgan fingerprint density at radius 3 is 2.29 bits per heavy atom. The molecule has 28 heavy (non-hydrogen) atoms. The van der Waals surface area contributed by atoms with Gasteiger partial charge in [0.15, 0.2) is 0 Å². The molecule has 3 rings (SSSR count). The van der Waals surface area contributed by atoms with Crippen LogP contribution in [0.2, 0.25) is 0 Å². The highest BCUT2D eigenvalue weighted by atomic mass is 79.9. The van der Waals surface area contributed by atoms with E-state index in [2.05, 4.69) is 21.2 Å². The van der Waals surface area contributed by atoms with Crippen LogP contribution in [0.4, 0.5) is 5.69 Å². The Kier molecular flexibility index (Phi) is 6.27. The summed E-state index contributed by atoms with van der Waals surface area (Å²) >= 11 is 3.33. The summed E-state index contributed by atoms with van der Waals surface area (Å²) in [5.41, 5.74) is 3.85. The molecule has 5 nitrogen and oxygen atoms in total. The van der Waals surface area contributed by atoms with Crippen LogP contribution >= 0.6 is 15.9 Å². The number of hydrogen-bond donors (Lipinski definition) is 1. The third kappa shape index (κ3) is 4.31. The number of carbonyl (C=O) groups is 1. The van der Waals surface area contributed by atoms with E-state index in [1.54, 1.807) is 24.3 Å². The number of carbonyl (C=O) groups excluding carboxylic acids is 1. The summed E-state index contributed by atoms with van der Waals surface area (Å²) in [6, 6.07) is 9.85. The highest BCUT2D eigenvalue weighted by molar-refractivity contribution is 9.10. The van der Waals surface area contributed by atoms with E-state index in [-0.39, 0.29) is 10.8 Å². The number of benzene rings is 2. The first kappa shape index (κ1) is 21.0. The maximum absolute atomic E-state index is 13.2. The van der Waals surface area contributed by atoms with E-state index < -0.39 is 16.1 Å². The summed E-state index contributed by atoms with van der Waals surface area (Å²) < 4.78 is 28.5. The molecule has 1 atom stereocenters. The summed E-state index contributed by atoms with van der Waals surface area (Å²) in [6.45, 7) is 6.27. The van der Waals surface area contributed by atoms with Gasteiger partial charge in [-0.05, 0) is 69.0 Å². The summed E-state index contributed by atoms with van der Waals surface area (Å²) in [4.78, 5) is 13.3. The number of sulfonamides is 1. The van der Waals surface area contributed by atoms with Crippen LogP contribution in [0.15, 0.2) is 45.8 Å². The standard InChI is InChI=1S/C21H25BrN2O3S/c1-14-12-15(2)20(16(3)13-14)23-21(25)19-6-4-5-11-24(19)28(26,27)18-9-7-17(22)8-10-18/h7-10,12-13,19H,4-6,11H2,1-3H3,(H,23,25)/t19-/m0/s1. The fourth-order valence-electron chi connectivity index (χ4n) is 3.78. The highest BCUT2D eigenvalue weighted by Gasteiger charge is 2.37. The topological polar surface area (TPSA) is 66.5 Å². The number of aryl methyl sites for hydroxylation is 3. The Morgan fingerprint density at radius 2 is 1.68 bits per heavy atom. The zero-order valence-corrected chi connectivity index (χ0v) is 18.7. The van der Waals surface area contributed by atoms with Gasteiger partial charge >= 0.3 is 0 Å². The van der Waals surface area contributed by atoms with Crippen molar-refractivity contribution < 1.29 is 13.2 Å². The Balaban J connectivity index is 1.89. The van der Waals surface area contributed by atoms with Crippen molar-refractivity contribution in [3.63, 3.8) is 0 Å². The van der Waals surface area contributed by atoms with Crippen LogP contribution in [-0.4, -0.2) is 31.2 Å². The van der Waals surface area contributed by atoms with E-state index in [1.807, 2.05) is 32.9 Å². The minimum atomic E-state index is -3.74. The molecule has 0 saturated carbocycles. The van der Waals surface area contributed by atoms with Crippen LogP contribution in [0.5, 0.6) is 0 Å². The molecule has 0 bridgehead atoms. The van der Waals surface area contributed by atoms with Gasteiger partial charge < -0.3 is 5.32 Å². The number of piperidine rings is 1. The molecule has 1 heterocycles. The number of hydrogen-bond acceptors (Lipinski definition) is 3. The van der Waals surface area contributed by atoms with Crippen molar-refractivity contribution >= 4 is 37.5 Å². The number of nitrogens with one attached hydrogen (secondary N) is 1. The first-order valence-electron chi connectivity index (χ1n) is 9.36. The number of nitrogens with zero attached hydrogens (tertiary/aromatic N) is 1. The minimum Gasteiger partial charge on any atom is -0.324 e. The third-order valence-corrected chi connectivity index (χ3v) is 7.55. The molecule has 1 saturated heterocycles. The molecule has 0 aliphatic carbocycles. The van der Waals surface area contributed by atoms with Gasteiger partial charge in [0, 0.05) is 16.7 Å². The van der Waals surface area contributed by atoms with Gasteiger partial charge in [-0.3, -0.25) is 4.79 Å². The lowest BCUT2D eigenvalue weighted by Crippen LogP contribution is -2.49. The SMILES string of the molecule is Cc1cc(C)c(NC(=O)[C@@H]2CCCCN2S(=O)(=O)c2ccc(Br)cc2)c(C)c1. The van der Waals surface area contributed by atoms with Crippen molar-refractivity contribution in [2.24, 2.45) is 0 Å². The minimum absolute atomic E-state index is 0.207. The van der Waals surface area contributed by atoms with Crippen molar-refractivity contribution in [3.05, 3.63) is 57.6 Å². The van der Waals surface area contributed by atoms with Crippen LogP contribution in [0.3, 0.4) is 0 Å². The average Bonchev–Trinajstić information content (AvgIpc) is 2.65. The zero-order valence-electron chi connectivity index (χ0n) is 16.3. The number of halogens is 1. The van der Waals surface area contributed by atoms with Gasteiger partial charge in [-0.1, -0.05) is 40.0 Å². The van der Waals surface area contributed by atoms with Gasteiger partial charge in [-0.15, -0.1) is 0 Å². The van der Waals surface area contributed by atoms with Crippen LogP contribution in [0.1, 0.15) is 36.0 Å². The quantitative estimate of drug-likeness (QED) is 0.720. The molecule has 1 N–H and O–H groups in total. The molecule has 2 aromatic carbocycles. The van der Waals surface area contributed by atoms with E-state index in [1.165, 1.54) is 4.31 Å². The van der Waals surface area contributed by atoms with Crippen LogP contribution in [0.25, 0.3) is 0 Å². The van der Waals surface area contributed by atoms with E-state index in [4.69, 9.17) is 0 Å². The van der Waals surface area contributed by atoms with Crippen LogP contribution < -0.4 is 5.32 Å². The molecule has 2 aromatic rings. The number of anilines is 1. The molecule has 1 aliphatic rings. The van der Waals surface area contributed by atoms with Gasteiger partial charge in [0.2, 0.25) is 15.9 Å². The van der Waals surface area contributed by atoms with Gasteiger partial charge in [0.25, 0.3) is 0 Å². The smallest absolute Gasteiger partial charge is 0.243 e.